The van der Waals surface area contributed by atoms with Gasteiger partial charge in [-0.3, -0.25) is 0 Å². The largest absolute Gasteiger partial charge is 0.370 e. The quantitative estimate of drug-likeness (QED) is 0.483. The second kappa shape index (κ2) is 2.96. The van der Waals surface area contributed by atoms with Gasteiger partial charge >= 0.3 is 0 Å². The molecule has 68 valence electrons. The van der Waals surface area contributed by atoms with Crippen LogP contribution in [0.1, 0.15) is 32.6 Å². The number of nitrogens with two attached hydrogens (primary N) is 1. The lowest BCUT2D eigenvalue weighted by molar-refractivity contribution is 0.753. The molecule has 3 N–H and O–H groups in total. The number of nitrogens with zero attached hydrogens (tertiary/aromatic N) is 1. The van der Waals surface area contributed by atoms with Crippen LogP contribution in [0.5, 0.6) is 0 Å². The molecule has 0 radical (unpaired) electrons. The Kier molecular flexibility index (Phi) is 1.95. The first-order chi connectivity index (χ1) is 5.79. The highest BCUT2D eigenvalue weighted by atomic mass is 15.1. The Morgan fingerprint density at radius 1 is 1.58 bits per heavy atom. The van der Waals surface area contributed by atoms with Crippen LogP contribution in [0.15, 0.2) is 4.99 Å². The third kappa shape index (κ3) is 1.90. The van der Waals surface area contributed by atoms with E-state index in [0.717, 1.165) is 5.92 Å². The van der Waals surface area contributed by atoms with Gasteiger partial charge < -0.3 is 11.1 Å². The van der Waals surface area contributed by atoms with E-state index in [1.54, 1.807) is 0 Å². The Bertz CT molecular complexity index is 196. The maximum Gasteiger partial charge on any atom is 0.189 e. The van der Waals surface area contributed by atoms with Gasteiger partial charge in [0.1, 0.15) is 0 Å². The van der Waals surface area contributed by atoms with Crippen LogP contribution < -0.4 is 11.1 Å². The zero-order valence-corrected chi connectivity index (χ0v) is 7.59. The van der Waals surface area contributed by atoms with Crippen molar-refractivity contribution in [3.8, 4) is 0 Å². The number of nitrogens with one attached hydrogen (secondary N) is 1. The fraction of sp³-hybridized carbons (Fsp3) is 0.889. The molecule has 3 nitrogen and oxygen atoms in total. The van der Waals surface area contributed by atoms with Crippen LogP contribution in [0.25, 0.3) is 0 Å². The maximum absolute atomic E-state index is 5.71. The zero-order chi connectivity index (χ0) is 8.55. The topological polar surface area (TPSA) is 50.4 Å². The third-order valence-electron chi connectivity index (χ3n) is 2.64. The summed E-state index contributed by atoms with van der Waals surface area (Å²) in [6.07, 6.45) is 5.00. The monoisotopic (exact) mass is 167 g/mol. The van der Waals surface area contributed by atoms with E-state index < -0.39 is 0 Å². The first-order valence-electron chi connectivity index (χ1n) is 4.89. The van der Waals surface area contributed by atoms with Crippen LogP contribution in [-0.4, -0.2) is 18.0 Å². The molecule has 0 aromatic heterocycles. The lowest BCUT2D eigenvalue weighted by Crippen LogP contribution is -2.33. The number of rotatable bonds is 3. The van der Waals surface area contributed by atoms with Gasteiger partial charge in [-0.25, -0.2) is 4.99 Å². The molecule has 2 rings (SSSR count). The van der Waals surface area contributed by atoms with Crippen LogP contribution in [0.3, 0.4) is 0 Å². The molecular formula is C9H17N3. The summed E-state index contributed by atoms with van der Waals surface area (Å²) in [5.74, 6) is 1.48. The van der Waals surface area contributed by atoms with Crippen molar-refractivity contribution in [2.45, 2.75) is 44.7 Å². The molecule has 0 aliphatic heterocycles. The molecule has 3 heteroatoms. The molecule has 2 fully saturated rings. The van der Waals surface area contributed by atoms with E-state index in [2.05, 4.69) is 17.2 Å². The minimum atomic E-state index is 0.529. The van der Waals surface area contributed by atoms with Crippen LogP contribution >= 0.6 is 0 Å². The van der Waals surface area contributed by atoms with E-state index in [1.165, 1.54) is 25.7 Å². The van der Waals surface area contributed by atoms with Crippen molar-refractivity contribution in [3.05, 3.63) is 0 Å². The summed E-state index contributed by atoms with van der Waals surface area (Å²) in [5.41, 5.74) is 5.71. The van der Waals surface area contributed by atoms with E-state index in [9.17, 15) is 0 Å². The smallest absolute Gasteiger partial charge is 0.189 e. The second-order valence-corrected chi connectivity index (χ2v) is 3.90. The molecule has 0 unspecified atom stereocenters. The predicted molar refractivity (Wildman–Crippen MR) is 50.0 cm³/mol. The first kappa shape index (κ1) is 7.90. The normalized spacial score (nSPS) is 34.9. The Morgan fingerprint density at radius 3 is 2.83 bits per heavy atom. The van der Waals surface area contributed by atoms with Crippen LogP contribution in [0.4, 0.5) is 0 Å². The van der Waals surface area contributed by atoms with Crippen molar-refractivity contribution in [1.82, 2.24) is 5.32 Å². The summed E-state index contributed by atoms with van der Waals surface area (Å²) < 4.78 is 0. The fourth-order valence-electron chi connectivity index (χ4n) is 1.48. The van der Waals surface area contributed by atoms with Gasteiger partial charge in [0, 0.05) is 6.04 Å². The minimum Gasteiger partial charge on any atom is -0.370 e. The van der Waals surface area contributed by atoms with Gasteiger partial charge in [0.05, 0.1) is 6.04 Å². The van der Waals surface area contributed by atoms with Crippen LogP contribution in [-0.2, 0) is 0 Å². The van der Waals surface area contributed by atoms with Crippen molar-refractivity contribution in [3.63, 3.8) is 0 Å². The molecule has 0 heterocycles. The molecule has 2 saturated carbocycles. The van der Waals surface area contributed by atoms with Gasteiger partial charge in [-0.05, 0) is 25.2 Å². The van der Waals surface area contributed by atoms with Gasteiger partial charge in [0.25, 0.3) is 0 Å². The van der Waals surface area contributed by atoms with Crippen molar-refractivity contribution in [2.75, 3.05) is 0 Å². The Morgan fingerprint density at radius 2 is 2.33 bits per heavy atom. The highest BCUT2D eigenvalue weighted by Crippen LogP contribution is 2.36. The zero-order valence-electron chi connectivity index (χ0n) is 7.59. The number of guanidine groups is 1. The lowest BCUT2D eigenvalue weighted by atomic mass is 10.3. The summed E-state index contributed by atoms with van der Waals surface area (Å²) in [6.45, 7) is 2.21. The molecule has 0 spiro atoms. The molecule has 2 aliphatic carbocycles. The predicted octanol–water partition coefficient (Wildman–Crippen LogP) is 0.852. The summed E-state index contributed by atoms with van der Waals surface area (Å²) in [7, 11) is 0. The standard InChI is InChI=1S/C9H17N3/c1-2-6-5-8(6)12-9(10)11-7-3-4-7/h6-8H,2-5H2,1H3,(H3,10,11,12)/t6-,8-/m1/s1. The summed E-state index contributed by atoms with van der Waals surface area (Å²) in [6, 6.07) is 1.16. The van der Waals surface area contributed by atoms with E-state index in [-0.39, 0.29) is 0 Å². The SMILES string of the molecule is CC[C@@H]1C[C@H]1N=C(N)NC1CC1. The number of hydrogen-bond donors (Lipinski definition) is 2. The summed E-state index contributed by atoms with van der Waals surface area (Å²) in [5, 5.41) is 3.20. The van der Waals surface area contributed by atoms with Crippen molar-refractivity contribution in [2.24, 2.45) is 16.6 Å². The average molecular weight is 167 g/mol. The highest BCUT2D eigenvalue weighted by molar-refractivity contribution is 5.78. The molecular weight excluding hydrogens is 150 g/mol. The molecule has 0 bridgehead atoms. The first-order valence-corrected chi connectivity index (χ1v) is 4.89. The van der Waals surface area contributed by atoms with Crippen LogP contribution in [0, 0.1) is 5.92 Å². The molecule has 0 aromatic rings. The van der Waals surface area contributed by atoms with E-state index in [0.29, 0.717) is 18.0 Å². The van der Waals surface area contributed by atoms with Gasteiger partial charge in [0.2, 0.25) is 0 Å². The maximum atomic E-state index is 5.71. The van der Waals surface area contributed by atoms with Crippen molar-refractivity contribution in [1.29, 1.82) is 0 Å². The Balaban J connectivity index is 1.74. The van der Waals surface area contributed by atoms with E-state index >= 15 is 0 Å². The fourth-order valence-corrected chi connectivity index (χ4v) is 1.48. The number of hydrogen-bond acceptors (Lipinski definition) is 1. The molecule has 2 aliphatic rings. The second-order valence-electron chi connectivity index (χ2n) is 3.90. The Hall–Kier alpha value is -0.730. The van der Waals surface area contributed by atoms with E-state index in [1.807, 2.05) is 0 Å². The molecule has 2 atom stereocenters. The third-order valence-corrected chi connectivity index (χ3v) is 2.64. The molecule has 0 aromatic carbocycles. The van der Waals surface area contributed by atoms with Crippen LogP contribution in [0.2, 0.25) is 0 Å². The minimum absolute atomic E-state index is 0.529. The Labute approximate surface area is 73.4 Å². The van der Waals surface area contributed by atoms with Gasteiger partial charge in [-0.15, -0.1) is 0 Å². The number of aliphatic imine (C=N–C) groups is 1. The highest BCUT2D eigenvalue weighted by Gasteiger charge is 2.35. The lowest BCUT2D eigenvalue weighted by Gasteiger charge is -2.01. The van der Waals surface area contributed by atoms with Gasteiger partial charge in [-0.1, -0.05) is 13.3 Å². The van der Waals surface area contributed by atoms with Crippen molar-refractivity contribution >= 4 is 5.96 Å². The van der Waals surface area contributed by atoms with Gasteiger partial charge in [-0.2, -0.15) is 0 Å². The van der Waals surface area contributed by atoms with Crippen molar-refractivity contribution < 1.29 is 0 Å². The van der Waals surface area contributed by atoms with Gasteiger partial charge in [0.15, 0.2) is 5.96 Å². The summed E-state index contributed by atoms with van der Waals surface area (Å²) in [4.78, 5) is 4.40. The average Bonchev–Trinajstić information content (AvgIpc) is 2.85. The molecule has 0 amide bonds. The molecule has 0 saturated heterocycles. The summed E-state index contributed by atoms with van der Waals surface area (Å²) >= 11 is 0. The van der Waals surface area contributed by atoms with E-state index in [4.69, 9.17) is 5.73 Å². The molecule has 12 heavy (non-hydrogen) atoms.